The van der Waals surface area contributed by atoms with Gasteiger partial charge in [-0.15, -0.1) is 0 Å². The fourth-order valence-corrected chi connectivity index (χ4v) is 1.13. The second kappa shape index (κ2) is 7.00. The summed E-state index contributed by atoms with van der Waals surface area (Å²) < 4.78 is 5.37. The second-order valence-corrected chi connectivity index (χ2v) is 3.83. The molecule has 0 saturated heterocycles. The van der Waals surface area contributed by atoms with E-state index in [4.69, 9.17) is 9.84 Å². The van der Waals surface area contributed by atoms with E-state index in [0.29, 0.717) is 13.2 Å². The van der Waals surface area contributed by atoms with Gasteiger partial charge in [-0.1, -0.05) is 0 Å². The summed E-state index contributed by atoms with van der Waals surface area (Å²) in [5, 5.41) is 10.8. The van der Waals surface area contributed by atoms with Gasteiger partial charge < -0.3 is 15.2 Å². The van der Waals surface area contributed by atoms with Gasteiger partial charge >= 0.3 is 5.97 Å². The van der Waals surface area contributed by atoms with Gasteiger partial charge in [-0.3, -0.25) is 4.79 Å². The van der Waals surface area contributed by atoms with Crippen molar-refractivity contribution >= 4 is 11.9 Å². The Balaban J connectivity index is 1.89. The van der Waals surface area contributed by atoms with Gasteiger partial charge in [0.25, 0.3) is 0 Å². The van der Waals surface area contributed by atoms with Crippen LogP contribution < -0.4 is 5.32 Å². The van der Waals surface area contributed by atoms with Crippen molar-refractivity contribution in [2.75, 3.05) is 19.8 Å². The fourth-order valence-electron chi connectivity index (χ4n) is 1.13. The van der Waals surface area contributed by atoms with E-state index >= 15 is 0 Å². The van der Waals surface area contributed by atoms with Gasteiger partial charge in [-0.2, -0.15) is 0 Å². The molecule has 0 atom stereocenters. The maximum Gasteiger partial charge on any atom is 0.328 e. The SMILES string of the molecule is O=C(O)/C=C/C(=O)NCCCOCC1CC1. The maximum atomic E-state index is 11.0. The molecule has 1 aliphatic carbocycles. The summed E-state index contributed by atoms with van der Waals surface area (Å²) >= 11 is 0. The van der Waals surface area contributed by atoms with E-state index in [-0.39, 0.29) is 5.91 Å². The number of nitrogens with one attached hydrogen (secondary N) is 1. The number of rotatable bonds is 8. The molecule has 1 fully saturated rings. The molecule has 0 radical (unpaired) electrons. The van der Waals surface area contributed by atoms with Crippen molar-refractivity contribution in [3.8, 4) is 0 Å². The predicted octanol–water partition coefficient (Wildman–Crippen LogP) is 0.560. The summed E-state index contributed by atoms with van der Waals surface area (Å²) in [6.07, 6.45) is 5.12. The van der Waals surface area contributed by atoms with Crippen molar-refractivity contribution < 1.29 is 19.4 Å². The molecule has 1 rings (SSSR count). The number of carbonyl (C=O) groups is 2. The lowest BCUT2D eigenvalue weighted by atomic mass is 10.4. The zero-order valence-electron chi connectivity index (χ0n) is 9.15. The van der Waals surface area contributed by atoms with Gasteiger partial charge in [0.15, 0.2) is 0 Å². The van der Waals surface area contributed by atoms with Crippen LogP contribution in [0.3, 0.4) is 0 Å². The largest absolute Gasteiger partial charge is 0.478 e. The molecule has 0 aromatic rings. The van der Waals surface area contributed by atoms with E-state index in [9.17, 15) is 9.59 Å². The van der Waals surface area contributed by atoms with Crippen molar-refractivity contribution in [2.24, 2.45) is 5.92 Å². The monoisotopic (exact) mass is 227 g/mol. The van der Waals surface area contributed by atoms with Gasteiger partial charge in [0, 0.05) is 31.9 Å². The first-order valence-electron chi connectivity index (χ1n) is 5.45. The van der Waals surface area contributed by atoms with Crippen molar-refractivity contribution in [1.29, 1.82) is 0 Å². The van der Waals surface area contributed by atoms with E-state index in [1.807, 2.05) is 0 Å². The number of carbonyl (C=O) groups excluding carboxylic acids is 1. The molecule has 1 saturated carbocycles. The molecule has 5 nitrogen and oxygen atoms in total. The highest BCUT2D eigenvalue weighted by molar-refractivity contribution is 5.93. The molecule has 0 aromatic heterocycles. The third kappa shape index (κ3) is 7.00. The molecule has 0 bridgehead atoms. The minimum absolute atomic E-state index is 0.385. The van der Waals surface area contributed by atoms with Crippen molar-refractivity contribution in [1.82, 2.24) is 5.32 Å². The Bertz CT molecular complexity index is 271. The normalized spacial score (nSPS) is 15.2. The standard InChI is InChI=1S/C11H17NO4/c13-10(4-5-11(14)15)12-6-1-7-16-8-9-2-3-9/h4-5,9H,1-3,6-8H2,(H,12,13)(H,14,15)/b5-4+. The zero-order chi connectivity index (χ0) is 11.8. The Hall–Kier alpha value is -1.36. The second-order valence-electron chi connectivity index (χ2n) is 3.83. The summed E-state index contributed by atoms with van der Waals surface area (Å²) in [5.41, 5.74) is 0. The first kappa shape index (κ1) is 12.7. The molecule has 0 spiro atoms. The first-order chi connectivity index (χ1) is 7.68. The molecular formula is C11H17NO4. The number of hydrogen-bond acceptors (Lipinski definition) is 3. The van der Waals surface area contributed by atoms with Crippen LogP contribution >= 0.6 is 0 Å². The van der Waals surface area contributed by atoms with Gasteiger partial charge in [0.05, 0.1) is 0 Å². The van der Waals surface area contributed by atoms with Gasteiger partial charge in [-0.05, 0) is 25.2 Å². The molecule has 90 valence electrons. The van der Waals surface area contributed by atoms with Crippen LogP contribution in [0.5, 0.6) is 0 Å². The third-order valence-corrected chi connectivity index (χ3v) is 2.19. The fraction of sp³-hybridized carbons (Fsp3) is 0.636. The van der Waals surface area contributed by atoms with Crippen LogP contribution in [0, 0.1) is 5.92 Å². The van der Waals surface area contributed by atoms with Crippen molar-refractivity contribution in [3.05, 3.63) is 12.2 Å². The number of aliphatic carboxylic acids is 1. The number of carboxylic acids is 1. The van der Waals surface area contributed by atoms with Gasteiger partial charge in [-0.25, -0.2) is 4.79 Å². The number of hydrogen-bond donors (Lipinski definition) is 2. The highest BCUT2D eigenvalue weighted by Gasteiger charge is 2.20. The van der Waals surface area contributed by atoms with Gasteiger partial charge in [0.2, 0.25) is 5.91 Å². The molecule has 0 unspecified atom stereocenters. The Kier molecular flexibility index (Phi) is 5.56. The van der Waals surface area contributed by atoms with Crippen LogP contribution in [-0.2, 0) is 14.3 Å². The minimum atomic E-state index is -1.12. The highest BCUT2D eigenvalue weighted by atomic mass is 16.5. The lowest BCUT2D eigenvalue weighted by molar-refractivity contribution is -0.131. The zero-order valence-corrected chi connectivity index (χ0v) is 9.15. The summed E-state index contributed by atoms with van der Waals surface area (Å²) in [6, 6.07) is 0. The van der Waals surface area contributed by atoms with E-state index < -0.39 is 5.97 Å². The van der Waals surface area contributed by atoms with E-state index in [0.717, 1.165) is 31.1 Å². The van der Waals surface area contributed by atoms with E-state index in [1.54, 1.807) is 0 Å². The van der Waals surface area contributed by atoms with Crippen LogP contribution in [0.25, 0.3) is 0 Å². The minimum Gasteiger partial charge on any atom is -0.478 e. The van der Waals surface area contributed by atoms with Gasteiger partial charge in [0.1, 0.15) is 0 Å². The lowest BCUT2D eigenvalue weighted by Gasteiger charge is -2.03. The predicted molar refractivity (Wildman–Crippen MR) is 57.9 cm³/mol. The quantitative estimate of drug-likeness (QED) is 0.469. The number of amides is 1. The Morgan fingerprint density at radius 2 is 2.12 bits per heavy atom. The van der Waals surface area contributed by atoms with Crippen LogP contribution in [0.4, 0.5) is 0 Å². The molecular weight excluding hydrogens is 210 g/mol. The lowest BCUT2D eigenvalue weighted by Crippen LogP contribution is -2.23. The Labute approximate surface area is 94.5 Å². The van der Waals surface area contributed by atoms with Crippen LogP contribution in [-0.4, -0.2) is 36.7 Å². The molecule has 1 amide bonds. The third-order valence-electron chi connectivity index (χ3n) is 2.19. The number of ether oxygens (including phenoxy) is 1. The van der Waals surface area contributed by atoms with Crippen LogP contribution in [0.15, 0.2) is 12.2 Å². The van der Waals surface area contributed by atoms with Crippen LogP contribution in [0.2, 0.25) is 0 Å². The topological polar surface area (TPSA) is 75.6 Å². The highest BCUT2D eigenvalue weighted by Crippen LogP contribution is 2.28. The summed E-state index contributed by atoms with van der Waals surface area (Å²) in [7, 11) is 0. The van der Waals surface area contributed by atoms with Crippen molar-refractivity contribution in [2.45, 2.75) is 19.3 Å². The molecule has 0 heterocycles. The average molecular weight is 227 g/mol. The van der Waals surface area contributed by atoms with Crippen LogP contribution in [0.1, 0.15) is 19.3 Å². The molecule has 0 aromatic carbocycles. The molecule has 5 heteroatoms. The Morgan fingerprint density at radius 3 is 2.75 bits per heavy atom. The summed E-state index contributed by atoms with van der Waals surface area (Å²) in [5.74, 6) is -0.749. The Morgan fingerprint density at radius 1 is 1.38 bits per heavy atom. The first-order valence-corrected chi connectivity index (χ1v) is 5.45. The number of carboxylic acid groups (broad SMARTS) is 1. The summed E-state index contributed by atoms with van der Waals surface area (Å²) in [6.45, 7) is 1.97. The molecule has 0 aliphatic heterocycles. The summed E-state index contributed by atoms with van der Waals surface area (Å²) in [4.78, 5) is 21.1. The van der Waals surface area contributed by atoms with E-state index in [1.165, 1.54) is 12.8 Å². The average Bonchev–Trinajstić information content (AvgIpc) is 3.04. The molecule has 2 N–H and O–H groups in total. The molecule has 1 aliphatic rings. The van der Waals surface area contributed by atoms with Crippen molar-refractivity contribution in [3.63, 3.8) is 0 Å². The smallest absolute Gasteiger partial charge is 0.328 e. The van der Waals surface area contributed by atoms with E-state index in [2.05, 4.69) is 5.32 Å². The molecule has 16 heavy (non-hydrogen) atoms. The maximum absolute atomic E-state index is 11.0.